The lowest BCUT2D eigenvalue weighted by molar-refractivity contribution is 0.102. The smallest absolute Gasteiger partial charge is 0.229 e. The summed E-state index contributed by atoms with van der Waals surface area (Å²) in [6.45, 7) is 0. The molecule has 0 unspecified atom stereocenters. The molecular formula is C11H10ClN3O. The third-order valence-corrected chi connectivity index (χ3v) is 2.57. The van der Waals surface area contributed by atoms with E-state index in [9.17, 15) is 4.79 Å². The van der Waals surface area contributed by atoms with Crippen molar-refractivity contribution < 1.29 is 4.79 Å². The Bertz CT molecular complexity index is 548. The van der Waals surface area contributed by atoms with E-state index in [0.717, 1.165) is 0 Å². The number of hydrogen-bond acceptors (Lipinski definition) is 3. The van der Waals surface area contributed by atoms with Gasteiger partial charge >= 0.3 is 0 Å². The van der Waals surface area contributed by atoms with Gasteiger partial charge in [0.2, 0.25) is 5.78 Å². The Morgan fingerprint density at radius 3 is 2.81 bits per heavy atom. The van der Waals surface area contributed by atoms with Gasteiger partial charge in [-0.3, -0.25) is 4.79 Å². The lowest BCUT2D eigenvalue weighted by Crippen LogP contribution is -2.09. The summed E-state index contributed by atoms with van der Waals surface area (Å²) < 4.78 is 1.65. The maximum Gasteiger partial charge on any atom is 0.229 e. The fourth-order valence-corrected chi connectivity index (χ4v) is 1.70. The average Bonchev–Trinajstić information content (AvgIpc) is 2.63. The van der Waals surface area contributed by atoms with Gasteiger partial charge in [-0.2, -0.15) is 0 Å². The van der Waals surface area contributed by atoms with Crippen LogP contribution in [0.25, 0.3) is 0 Å². The number of aryl methyl sites for hydroxylation is 1. The van der Waals surface area contributed by atoms with Crippen LogP contribution in [0.15, 0.2) is 30.6 Å². The predicted molar refractivity (Wildman–Crippen MR) is 62.5 cm³/mol. The molecule has 4 nitrogen and oxygen atoms in total. The van der Waals surface area contributed by atoms with Crippen LogP contribution in [-0.4, -0.2) is 15.3 Å². The van der Waals surface area contributed by atoms with E-state index in [1.807, 2.05) is 0 Å². The standard InChI is InChI=1S/C11H10ClN3O/c1-15-5-4-14-11(15)10(16)8-3-2-7(13)6-9(8)12/h2-6H,13H2,1H3. The van der Waals surface area contributed by atoms with Gasteiger partial charge in [-0.25, -0.2) is 4.98 Å². The first-order valence-corrected chi connectivity index (χ1v) is 5.04. The highest BCUT2D eigenvalue weighted by molar-refractivity contribution is 6.35. The Hall–Kier alpha value is -1.81. The van der Waals surface area contributed by atoms with E-state index in [-0.39, 0.29) is 5.78 Å². The van der Waals surface area contributed by atoms with E-state index in [1.54, 1.807) is 42.2 Å². The van der Waals surface area contributed by atoms with Gasteiger partial charge in [0.05, 0.1) is 5.02 Å². The molecule has 0 spiro atoms. The second kappa shape index (κ2) is 3.98. The molecule has 5 heteroatoms. The summed E-state index contributed by atoms with van der Waals surface area (Å²) >= 11 is 5.96. The number of ketones is 1. The van der Waals surface area contributed by atoms with Gasteiger partial charge < -0.3 is 10.3 Å². The molecule has 0 atom stereocenters. The molecule has 16 heavy (non-hydrogen) atoms. The van der Waals surface area contributed by atoms with Crippen LogP contribution in [0, 0.1) is 0 Å². The van der Waals surface area contributed by atoms with Gasteiger partial charge in [0.15, 0.2) is 5.82 Å². The molecule has 1 heterocycles. The topological polar surface area (TPSA) is 60.9 Å². The molecule has 2 rings (SSSR count). The summed E-state index contributed by atoms with van der Waals surface area (Å²) in [5, 5.41) is 0.341. The van der Waals surface area contributed by atoms with Crippen LogP contribution in [0.5, 0.6) is 0 Å². The quantitative estimate of drug-likeness (QED) is 0.639. The molecule has 2 N–H and O–H groups in total. The van der Waals surface area contributed by atoms with Gasteiger partial charge in [-0.05, 0) is 18.2 Å². The number of halogens is 1. The molecule has 0 aliphatic heterocycles. The van der Waals surface area contributed by atoms with Crippen molar-refractivity contribution >= 4 is 23.1 Å². The van der Waals surface area contributed by atoms with Crippen molar-refractivity contribution in [3.8, 4) is 0 Å². The molecule has 82 valence electrons. The van der Waals surface area contributed by atoms with Gasteiger partial charge in [0, 0.05) is 30.7 Å². The lowest BCUT2D eigenvalue weighted by Gasteiger charge is -2.04. The molecule has 0 aliphatic carbocycles. The molecular weight excluding hydrogens is 226 g/mol. The molecule has 0 amide bonds. The Morgan fingerprint density at radius 1 is 1.50 bits per heavy atom. The molecule has 0 saturated heterocycles. The Labute approximate surface area is 97.7 Å². The highest BCUT2D eigenvalue weighted by Crippen LogP contribution is 2.21. The van der Waals surface area contributed by atoms with Crippen LogP contribution in [0.4, 0.5) is 5.69 Å². The van der Waals surface area contributed by atoms with Crippen molar-refractivity contribution in [2.24, 2.45) is 7.05 Å². The number of carbonyl (C=O) groups excluding carboxylic acids is 1. The van der Waals surface area contributed by atoms with Crippen molar-refractivity contribution in [1.29, 1.82) is 0 Å². The highest BCUT2D eigenvalue weighted by atomic mass is 35.5. The molecule has 2 aromatic rings. The minimum Gasteiger partial charge on any atom is -0.399 e. The molecule has 0 radical (unpaired) electrons. The van der Waals surface area contributed by atoms with E-state index >= 15 is 0 Å². The van der Waals surface area contributed by atoms with Crippen molar-refractivity contribution in [3.05, 3.63) is 47.0 Å². The van der Waals surface area contributed by atoms with Crippen LogP contribution in [-0.2, 0) is 7.05 Å². The third kappa shape index (κ3) is 1.79. The number of anilines is 1. The molecule has 0 bridgehead atoms. The second-order valence-electron chi connectivity index (χ2n) is 3.43. The summed E-state index contributed by atoms with van der Waals surface area (Å²) in [5.41, 5.74) is 6.50. The number of carbonyl (C=O) groups is 1. The van der Waals surface area contributed by atoms with E-state index in [1.165, 1.54) is 0 Å². The summed E-state index contributed by atoms with van der Waals surface area (Å²) in [4.78, 5) is 16.0. The number of rotatable bonds is 2. The van der Waals surface area contributed by atoms with Crippen LogP contribution < -0.4 is 5.73 Å². The van der Waals surface area contributed by atoms with Crippen molar-refractivity contribution in [2.45, 2.75) is 0 Å². The number of nitrogens with zero attached hydrogens (tertiary/aromatic N) is 2. The van der Waals surface area contributed by atoms with Crippen molar-refractivity contribution in [3.63, 3.8) is 0 Å². The Balaban J connectivity index is 2.46. The maximum absolute atomic E-state index is 12.1. The normalized spacial score (nSPS) is 10.4. The number of benzene rings is 1. The predicted octanol–water partition coefficient (Wildman–Crippen LogP) is 1.89. The zero-order valence-electron chi connectivity index (χ0n) is 8.64. The van der Waals surface area contributed by atoms with Gasteiger partial charge in [0.1, 0.15) is 0 Å². The van der Waals surface area contributed by atoms with Crippen molar-refractivity contribution in [2.75, 3.05) is 5.73 Å². The van der Waals surface area contributed by atoms with Crippen molar-refractivity contribution in [1.82, 2.24) is 9.55 Å². The number of imidazole rings is 1. The zero-order valence-corrected chi connectivity index (χ0v) is 9.40. The van der Waals surface area contributed by atoms with E-state index in [0.29, 0.717) is 22.1 Å². The fraction of sp³-hybridized carbons (Fsp3) is 0.0909. The van der Waals surface area contributed by atoms with E-state index in [4.69, 9.17) is 17.3 Å². The largest absolute Gasteiger partial charge is 0.399 e. The van der Waals surface area contributed by atoms with Crippen LogP contribution in [0.2, 0.25) is 5.02 Å². The molecule has 0 fully saturated rings. The summed E-state index contributed by atoms with van der Waals surface area (Å²) in [5.74, 6) is 0.143. The molecule has 1 aromatic carbocycles. The lowest BCUT2D eigenvalue weighted by atomic mass is 10.1. The monoisotopic (exact) mass is 235 g/mol. The number of aromatic nitrogens is 2. The fourth-order valence-electron chi connectivity index (χ4n) is 1.42. The molecule has 1 aromatic heterocycles. The minimum atomic E-state index is -0.211. The van der Waals surface area contributed by atoms with Crippen LogP contribution in [0.1, 0.15) is 16.2 Å². The zero-order chi connectivity index (χ0) is 11.7. The SMILES string of the molecule is Cn1ccnc1C(=O)c1ccc(N)cc1Cl. The molecule has 0 saturated carbocycles. The first-order chi connectivity index (χ1) is 7.59. The van der Waals surface area contributed by atoms with E-state index < -0.39 is 0 Å². The first kappa shape index (κ1) is 10.7. The van der Waals surface area contributed by atoms with Gasteiger partial charge in [-0.15, -0.1) is 0 Å². The summed E-state index contributed by atoms with van der Waals surface area (Å²) in [6.07, 6.45) is 3.27. The van der Waals surface area contributed by atoms with Crippen LogP contribution >= 0.6 is 11.6 Å². The third-order valence-electron chi connectivity index (χ3n) is 2.26. The Morgan fingerprint density at radius 2 is 2.25 bits per heavy atom. The number of hydrogen-bond donors (Lipinski definition) is 1. The average molecular weight is 236 g/mol. The van der Waals surface area contributed by atoms with Crippen LogP contribution in [0.3, 0.4) is 0 Å². The summed E-state index contributed by atoms with van der Waals surface area (Å²) in [6, 6.07) is 4.80. The first-order valence-electron chi connectivity index (χ1n) is 4.66. The van der Waals surface area contributed by atoms with Gasteiger partial charge in [0.25, 0.3) is 0 Å². The summed E-state index contributed by atoms with van der Waals surface area (Å²) in [7, 11) is 1.76. The maximum atomic E-state index is 12.1. The van der Waals surface area contributed by atoms with Gasteiger partial charge in [-0.1, -0.05) is 11.6 Å². The minimum absolute atomic E-state index is 0.211. The highest BCUT2D eigenvalue weighted by Gasteiger charge is 2.16. The molecule has 0 aliphatic rings. The second-order valence-corrected chi connectivity index (χ2v) is 3.84. The Kier molecular flexibility index (Phi) is 2.66. The van der Waals surface area contributed by atoms with E-state index in [2.05, 4.69) is 4.98 Å². The number of nitrogens with two attached hydrogens (primary N) is 1. The number of nitrogen functional groups attached to an aromatic ring is 1.